The van der Waals surface area contributed by atoms with Gasteiger partial charge in [0.1, 0.15) is 5.69 Å². The molecule has 31 heavy (non-hydrogen) atoms. The van der Waals surface area contributed by atoms with E-state index in [4.69, 9.17) is 0 Å². The lowest BCUT2D eigenvalue weighted by Crippen LogP contribution is -2.51. The third-order valence-corrected chi connectivity index (χ3v) is 6.96. The van der Waals surface area contributed by atoms with E-state index in [9.17, 15) is 4.79 Å². The van der Waals surface area contributed by atoms with Gasteiger partial charge in [0, 0.05) is 81.6 Å². The smallest absolute Gasteiger partial charge is 0.270 e. The molecule has 5 rings (SSSR count). The first kappa shape index (κ1) is 20.5. The summed E-state index contributed by atoms with van der Waals surface area (Å²) in [7, 11) is 0. The van der Waals surface area contributed by atoms with Gasteiger partial charge in [-0.1, -0.05) is 0 Å². The Balaban J connectivity index is 1.35. The zero-order chi connectivity index (χ0) is 21.4. The van der Waals surface area contributed by atoms with Crippen LogP contribution < -0.4 is 4.90 Å². The van der Waals surface area contributed by atoms with Gasteiger partial charge in [-0.25, -0.2) is 9.97 Å². The second kappa shape index (κ2) is 8.61. The summed E-state index contributed by atoms with van der Waals surface area (Å²) in [6.45, 7) is 11.0. The highest BCUT2D eigenvalue weighted by molar-refractivity contribution is 5.94. The quantitative estimate of drug-likeness (QED) is 0.716. The van der Waals surface area contributed by atoms with Crippen molar-refractivity contribution in [3.63, 3.8) is 0 Å². The number of nitrogens with zero attached hydrogens (tertiary/aromatic N) is 6. The lowest BCUT2D eigenvalue weighted by Gasteiger charge is -2.37. The number of anilines is 1. The maximum Gasteiger partial charge on any atom is 0.270 e. The third-order valence-electron chi connectivity index (χ3n) is 6.96. The Kier molecular flexibility index (Phi) is 5.69. The van der Waals surface area contributed by atoms with E-state index in [0.717, 1.165) is 68.6 Å². The number of carbonyl (C=O) groups excluding carboxylic acids is 1. The first-order valence-electron chi connectivity index (χ1n) is 11.9. The van der Waals surface area contributed by atoms with Crippen LogP contribution >= 0.6 is 0 Å². The van der Waals surface area contributed by atoms with E-state index in [1.165, 1.54) is 25.7 Å². The molecule has 2 saturated heterocycles. The van der Waals surface area contributed by atoms with Crippen molar-refractivity contribution in [3.8, 4) is 11.1 Å². The number of rotatable bonds is 6. The molecule has 2 aromatic heterocycles. The Hall–Kier alpha value is -2.41. The van der Waals surface area contributed by atoms with Crippen molar-refractivity contribution in [2.75, 3.05) is 44.2 Å². The van der Waals surface area contributed by atoms with Crippen molar-refractivity contribution in [1.29, 1.82) is 0 Å². The summed E-state index contributed by atoms with van der Waals surface area (Å²) in [6, 6.07) is 2.58. The summed E-state index contributed by atoms with van der Waals surface area (Å²) in [5.74, 6) is 1.68. The van der Waals surface area contributed by atoms with Gasteiger partial charge in [-0.3, -0.25) is 9.69 Å². The van der Waals surface area contributed by atoms with Crippen molar-refractivity contribution < 1.29 is 4.79 Å². The van der Waals surface area contributed by atoms with Crippen molar-refractivity contribution >= 4 is 11.9 Å². The summed E-state index contributed by atoms with van der Waals surface area (Å²) >= 11 is 0. The van der Waals surface area contributed by atoms with Crippen LogP contribution in [-0.2, 0) is 6.54 Å². The minimum absolute atomic E-state index is 0.157. The average Bonchev–Trinajstić information content (AvgIpc) is 3.26. The maximum absolute atomic E-state index is 13.4. The van der Waals surface area contributed by atoms with Gasteiger partial charge in [0.15, 0.2) is 0 Å². The highest BCUT2D eigenvalue weighted by atomic mass is 16.2. The number of hydrogen-bond donors (Lipinski definition) is 0. The van der Waals surface area contributed by atoms with Crippen molar-refractivity contribution in [1.82, 2.24) is 24.3 Å². The molecule has 4 heterocycles. The van der Waals surface area contributed by atoms with Gasteiger partial charge in [-0.2, -0.15) is 0 Å². The fourth-order valence-electron chi connectivity index (χ4n) is 4.73. The van der Waals surface area contributed by atoms with E-state index in [1.807, 2.05) is 23.4 Å². The number of carbonyl (C=O) groups is 1. The Labute approximate surface area is 185 Å². The summed E-state index contributed by atoms with van der Waals surface area (Å²) in [5, 5.41) is 0. The fourth-order valence-corrected chi connectivity index (χ4v) is 4.73. The average molecular weight is 423 g/mol. The van der Waals surface area contributed by atoms with Gasteiger partial charge in [0.25, 0.3) is 5.91 Å². The molecule has 0 atom stereocenters. The Morgan fingerprint density at radius 1 is 1.00 bits per heavy atom. The van der Waals surface area contributed by atoms with Gasteiger partial charge in [0.05, 0.1) is 0 Å². The van der Waals surface area contributed by atoms with Gasteiger partial charge < -0.3 is 14.4 Å². The van der Waals surface area contributed by atoms with Crippen LogP contribution in [0.5, 0.6) is 0 Å². The molecule has 7 heteroatoms. The molecule has 2 aliphatic heterocycles. The summed E-state index contributed by atoms with van der Waals surface area (Å²) in [4.78, 5) is 29.4. The Morgan fingerprint density at radius 3 is 2.29 bits per heavy atom. The van der Waals surface area contributed by atoms with Gasteiger partial charge in [0.2, 0.25) is 5.95 Å². The van der Waals surface area contributed by atoms with E-state index in [-0.39, 0.29) is 5.91 Å². The molecule has 0 N–H and O–H groups in total. The number of amides is 1. The van der Waals surface area contributed by atoms with Crippen LogP contribution in [0.1, 0.15) is 50.0 Å². The monoisotopic (exact) mass is 422 g/mol. The SMILES string of the molecule is CC(C)N1CCN(C(=O)c2cc(-c3cnc(N4CCCC4)nc3)cn2CC2CC2)CC1. The number of aromatic nitrogens is 3. The molecule has 1 aliphatic carbocycles. The molecule has 166 valence electrons. The van der Waals surface area contributed by atoms with E-state index in [0.29, 0.717) is 12.0 Å². The minimum Gasteiger partial charge on any atom is -0.343 e. The standard InChI is InChI=1S/C24H34N6O/c1-18(2)27-9-11-28(12-10-27)23(31)22-13-20(17-30(22)16-19-5-6-19)21-14-25-24(26-15-21)29-7-3-4-8-29/h13-15,17-19H,3-12,16H2,1-2H3. The van der Waals surface area contributed by atoms with Gasteiger partial charge >= 0.3 is 0 Å². The Bertz CT molecular complexity index is 903. The molecule has 0 bridgehead atoms. The molecule has 7 nitrogen and oxygen atoms in total. The zero-order valence-electron chi connectivity index (χ0n) is 18.8. The maximum atomic E-state index is 13.4. The number of hydrogen-bond acceptors (Lipinski definition) is 5. The molecule has 0 unspecified atom stereocenters. The molecule has 0 aromatic carbocycles. The molecule has 3 aliphatic rings. The van der Waals surface area contributed by atoms with Gasteiger partial charge in [-0.15, -0.1) is 0 Å². The normalized spacial score (nSPS) is 20.1. The van der Waals surface area contributed by atoms with Crippen LogP contribution in [0.4, 0.5) is 5.95 Å². The molecular weight excluding hydrogens is 388 g/mol. The van der Waals surface area contributed by atoms with Crippen LogP contribution in [0.15, 0.2) is 24.7 Å². The summed E-state index contributed by atoms with van der Waals surface area (Å²) < 4.78 is 2.18. The van der Waals surface area contributed by atoms with Crippen LogP contribution in [0.2, 0.25) is 0 Å². The van der Waals surface area contributed by atoms with Gasteiger partial charge in [-0.05, 0) is 51.5 Å². The zero-order valence-corrected chi connectivity index (χ0v) is 18.8. The largest absolute Gasteiger partial charge is 0.343 e. The lowest BCUT2D eigenvalue weighted by molar-refractivity contribution is 0.0585. The van der Waals surface area contributed by atoms with Crippen LogP contribution in [0.3, 0.4) is 0 Å². The molecule has 2 aromatic rings. The first-order valence-corrected chi connectivity index (χ1v) is 11.9. The fraction of sp³-hybridized carbons (Fsp3) is 0.625. The Morgan fingerprint density at radius 2 is 1.68 bits per heavy atom. The first-order chi connectivity index (χ1) is 15.1. The molecule has 0 spiro atoms. The highest BCUT2D eigenvalue weighted by Gasteiger charge is 2.28. The van der Waals surface area contributed by atoms with Crippen LogP contribution in [0, 0.1) is 5.92 Å². The second-order valence-electron chi connectivity index (χ2n) is 9.60. The summed E-state index contributed by atoms with van der Waals surface area (Å²) in [6.07, 6.45) is 10.9. The lowest BCUT2D eigenvalue weighted by atomic mass is 10.1. The molecule has 3 fully saturated rings. The molecule has 1 saturated carbocycles. The van der Waals surface area contributed by atoms with E-state index in [1.54, 1.807) is 0 Å². The molecule has 1 amide bonds. The van der Waals surface area contributed by atoms with E-state index in [2.05, 4.69) is 44.4 Å². The van der Waals surface area contributed by atoms with Crippen LogP contribution in [0.25, 0.3) is 11.1 Å². The third kappa shape index (κ3) is 4.47. The topological polar surface area (TPSA) is 57.5 Å². The predicted octanol–water partition coefficient (Wildman–Crippen LogP) is 3.12. The molecule has 0 radical (unpaired) electrons. The van der Waals surface area contributed by atoms with Crippen molar-refractivity contribution in [2.24, 2.45) is 5.92 Å². The van der Waals surface area contributed by atoms with Crippen LogP contribution in [-0.4, -0.2) is 75.6 Å². The summed E-state index contributed by atoms with van der Waals surface area (Å²) in [5.41, 5.74) is 2.83. The predicted molar refractivity (Wildman–Crippen MR) is 122 cm³/mol. The molecular formula is C24H34N6O. The van der Waals surface area contributed by atoms with Crippen molar-refractivity contribution in [2.45, 2.75) is 52.1 Å². The van der Waals surface area contributed by atoms with E-state index >= 15 is 0 Å². The highest BCUT2D eigenvalue weighted by Crippen LogP contribution is 2.33. The number of piperazine rings is 1. The minimum atomic E-state index is 0.157. The van der Waals surface area contributed by atoms with E-state index < -0.39 is 0 Å². The second-order valence-corrected chi connectivity index (χ2v) is 9.60. The van der Waals surface area contributed by atoms with Crippen molar-refractivity contribution in [3.05, 3.63) is 30.4 Å².